The predicted molar refractivity (Wildman–Crippen MR) is 75.2 cm³/mol. The fourth-order valence-corrected chi connectivity index (χ4v) is 3.24. The summed E-state index contributed by atoms with van der Waals surface area (Å²) >= 11 is 0. The van der Waals surface area contributed by atoms with Crippen molar-refractivity contribution >= 4 is 11.0 Å². The Morgan fingerprint density at radius 3 is 2.85 bits per heavy atom. The molecule has 0 aromatic carbocycles. The van der Waals surface area contributed by atoms with Gasteiger partial charge in [-0.05, 0) is 43.0 Å². The number of hydrogen-bond acceptors (Lipinski definition) is 4. The van der Waals surface area contributed by atoms with Crippen LogP contribution in [0.1, 0.15) is 25.0 Å². The van der Waals surface area contributed by atoms with Gasteiger partial charge in [-0.25, -0.2) is 9.97 Å². The van der Waals surface area contributed by atoms with Gasteiger partial charge < -0.3 is 9.47 Å². The molecule has 4 heteroatoms. The van der Waals surface area contributed by atoms with E-state index in [2.05, 4.69) is 22.1 Å². The summed E-state index contributed by atoms with van der Waals surface area (Å²) in [5.74, 6) is 0.484. The molecule has 3 heterocycles. The van der Waals surface area contributed by atoms with Crippen molar-refractivity contribution in [1.29, 1.82) is 0 Å². The topological polar surface area (TPSA) is 44.2 Å². The van der Waals surface area contributed by atoms with Gasteiger partial charge in [0.05, 0.1) is 13.2 Å². The number of aryl methyl sites for hydroxylation is 1. The van der Waals surface area contributed by atoms with Crippen molar-refractivity contribution in [1.82, 2.24) is 9.97 Å². The summed E-state index contributed by atoms with van der Waals surface area (Å²) in [5.41, 5.74) is 1.97. The van der Waals surface area contributed by atoms with E-state index in [-0.39, 0.29) is 5.79 Å². The van der Waals surface area contributed by atoms with Crippen LogP contribution in [0, 0.1) is 5.92 Å². The standard InChI is InChI=1S/C16H18N2O2/c1-2-13-4-6-14(18-15(13)17-7-1)5-3-12-10-16(11-12)19-8-9-20-16/h1-2,4,6-7,12H,3,5,8-11H2. The first-order valence-corrected chi connectivity index (χ1v) is 7.32. The minimum absolute atomic E-state index is 0.219. The number of aromatic nitrogens is 2. The van der Waals surface area contributed by atoms with Crippen molar-refractivity contribution in [2.45, 2.75) is 31.5 Å². The second kappa shape index (κ2) is 4.79. The molecule has 1 aliphatic heterocycles. The SMILES string of the molecule is c1cnc2nc(CCC3CC4(C3)OCCO4)ccc2c1. The minimum atomic E-state index is -0.219. The molecule has 1 aliphatic carbocycles. The van der Waals surface area contributed by atoms with Gasteiger partial charge in [0.15, 0.2) is 11.4 Å². The lowest BCUT2D eigenvalue weighted by Gasteiger charge is -2.43. The fraction of sp³-hybridized carbons (Fsp3) is 0.500. The maximum Gasteiger partial charge on any atom is 0.169 e. The van der Waals surface area contributed by atoms with Crippen molar-refractivity contribution in [2.24, 2.45) is 5.92 Å². The second-order valence-electron chi connectivity index (χ2n) is 5.77. The van der Waals surface area contributed by atoms with E-state index in [1.165, 1.54) is 0 Å². The Hall–Kier alpha value is -1.52. The summed E-state index contributed by atoms with van der Waals surface area (Å²) < 4.78 is 11.3. The van der Waals surface area contributed by atoms with Gasteiger partial charge in [0, 0.05) is 30.1 Å². The second-order valence-corrected chi connectivity index (χ2v) is 5.77. The normalized spacial score (nSPS) is 21.4. The third-order valence-electron chi connectivity index (χ3n) is 4.34. The summed E-state index contributed by atoms with van der Waals surface area (Å²) in [6.45, 7) is 1.51. The number of fused-ring (bicyclic) bond motifs is 1. The number of pyridine rings is 2. The molecule has 0 amide bonds. The van der Waals surface area contributed by atoms with E-state index in [1.54, 1.807) is 6.20 Å². The average molecular weight is 270 g/mol. The van der Waals surface area contributed by atoms with Crippen LogP contribution in [-0.2, 0) is 15.9 Å². The van der Waals surface area contributed by atoms with E-state index in [4.69, 9.17) is 9.47 Å². The van der Waals surface area contributed by atoms with Gasteiger partial charge in [-0.3, -0.25) is 0 Å². The number of nitrogens with zero attached hydrogens (tertiary/aromatic N) is 2. The van der Waals surface area contributed by atoms with E-state index >= 15 is 0 Å². The molecule has 1 spiro atoms. The van der Waals surface area contributed by atoms with Crippen LogP contribution in [0.3, 0.4) is 0 Å². The average Bonchev–Trinajstić information content (AvgIpc) is 2.93. The Morgan fingerprint density at radius 2 is 2.00 bits per heavy atom. The van der Waals surface area contributed by atoms with Gasteiger partial charge >= 0.3 is 0 Å². The van der Waals surface area contributed by atoms with Gasteiger partial charge in [0.25, 0.3) is 0 Å². The van der Waals surface area contributed by atoms with Crippen molar-refractivity contribution in [3.05, 3.63) is 36.2 Å². The fourth-order valence-electron chi connectivity index (χ4n) is 3.24. The van der Waals surface area contributed by atoms with Crippen LogP contribution in [0.4, 0.5) is 0 Å². The Kier molecular flexibility index (Phi) is 2.93. The van der Waals surface area contributed by atoms with Crippen LogP contribution in [0.2, 0.25) is 0 Å². The molecular weight excluding hydrogens is 252 g/mol. The highest BCUT2D eigenvalue weighted by Gasteiger charge is 2.48. The quantitative estimate of drug-likeness (QED) is 0.860. The first-order valence-electron chi connectivity index (χ1n) is 7.32. The Bertz CT molecular complexity index is 615. The van der Waals surface area contributed by atoms with Crippen LogP contribution in [0.5, 0.6) is 0 Å². The van der Waals surface area contributed by atoms with E-state index in [1.807, 2.05) is 12.1 Å². The number of rotatable bonds is 3. The van der Waals surface area contributed by atoms with Crippen molar-refractivity contribution in [2.75, 3.05) is 13.2 Å². The molecule has 0 bridgehead atoms. The van der Waals surface area contributed by atoms with E-state index in [0.29, 0.717) is 5.92 Å². The molecule has 2 fully saturated rings. The van der Waals surface area contributed by atoms with E-state index in [0.717, 1.165) is 55.6 Å². The largest absolute Gasteiger partial charge is 0.348 e. The Balaban J connectivity index is 1.37. The first-order chi connectivity index (χ1) is 9.83. The van der Waals surface area contributed by atoms with Crippen LogP contribution in [0.15, 0.2) is 30.5 Å². The molecule has 2 aromatic heterocycles. The highest BCUT2D eigenvalue weighted by molar-refractivity contribution is 5.74. The summed E-state index contributed by atoms with van der Waals surface area (Å²) in [5, 5.41) is 1.10. The lowest BCUT2D eigenvalue weighted by molar-refractivity contribution is -0.231. The summed E-state index contributed by atoms with van der Waals surface area (Å²) in [7, 11) is 0. The number of ether oxygens (including phenoxy) is 2. The van der Waals surface area contributed by atoms with Gasteiger partial charge in [0.2, 0.25) is 0 Å². The third-order valence-corrected chi connectivity index (χ3v) is 4.34. The van der Waals surface area contributed by atoms with Gasteiger partial charge in [0.1, 0.15) is 0 Å². The molecule has 1 saturated heterocycles. The predicted octanol–water partition coefficient (Wildman–Crippen LogP) is 2.72. The van der Waals surface area contributed by atoms with Crippen molar-refractivity contribution in [3.63, 3.8) is 0 Å². The zero-order chi connectivity index (χ0) is 13.4. The molecule has 20 heavy (non-hydrogen) atoms. The summed E-state index contributed by atoms with van der Waals surface area (Å²) in [6, 6.07) is 8.21. The monoisotopic (exact) mass is 270 g/mol. The maximum atomic E-state index is 5.67. The molecular formula is C16H18N2O2. The van der Waals surface area contributed by atoms with E-state index in [9.17, 15) is 0 Å². The zero-order valence-corrected chi connectivity index (χ0v) is 11.4. The molecule has 4 nitrogen and oxygen atoms in total. The molecule has 4 rings (SSSR count). The molecule has 0 radical (unpaired) electrons. The molecule has 104 valence electrons. The van der Waals surface area contributed by atoms with Crippen molar-refractivity contribution < 1.29 is 9.47 Å². The van der Waals surface area contributed by atoms with Crippen molar-refractivity contribution in [3.8, 4) is 0 Å². The molecule has 0 N–H and O–H groups in total. The van der Waals surface area contributed by atoms with Gasteiger partial charge in [-0.1, -0.05) is 0 Å². The molecule has 0 atom stereocenters. The Labute approximate surface area is 118 Å². The van der Waals surface area contributed by atoms with E-state index < -0.39 is 0 Å². The highest BCUT2D eigenvalue weighted by Crippen LogP contribution is 2.46. The van der Waals surface area contributed by atoms with Crippen LogP contribution >= 0.6 is 0 Å². The minimum Gasteiger partial charge on any atom is -0.348 e. The molecule has 1 saturated carbocycles. The summed E-state index contributed by atoms with van der Waals surface area (Å²) in [6.07, 6.45) is 6.04. The summed E-state index contributed by atoms with van der Waals surface area (Å²) in [4.78, 5) is 8.93. The van der Waals surface area contributed by atoms with Gasteiger partial charge in [-0.2, -0.15) is 0 Å². The molecule has 2 aromatic rings. The highest BCUT2D eigenvalue weighted by atomic mass is 16.7. The maximum absolute atomic E-state index is 5.67. The van der Waals surface area contributed by atoms with Crippen LogP contribution in [0.25, 0.3) is 11.0 Å². The lowest BCUT2D eigenvalue weighted by Crippen LogP contribution is -2.44. The Morgan fingerprint density at radius 1 is 1.15 bits per heavy atom. The van der Waals surface area contributed by atoms with Gasteiger partial charge in [-0.15, -0.1) is 0 Å². The third kappa shape index (κ3) is 2.19. The zero-order valence-electron chi connectivity index (χ0n) is 11.4. The number of hydrogen-bond donors (Lipinski definition) is 0. The lowest BCUT2D eigenvalue weighted by atomic mass is 9.76. The van der Waals surface area contributed by atoms with Crippen LogP contribution in [-0.4, -0.2) is 29.0 Å². The molecule has 0 unspecified atom stereocenters. The molecule has 2 aliphatic rings. The smallest absolute Gasteiger partial charge is 0.169 e. The first kappa shape index (κ1) is 12.2. The van der Waals surface area contributed by atoms with Crippen LogP contribution < -0.4 is 0 Å².